The summed E-state index contributed by atoms with van der Waals surface area (Å²) < 4.78 is 0. The maximum absolute atomic E-state index is 11.8. The van der Waals surface area contributed by atoms with Gasteiger partial charge in [0.2, 0.25) is 0 Å². The highest BCUT2D eigenvalue weighted by Gasteiger charge is 2.22. The van der Waals surface area contributed by atoms with E-state index in [1.54, 1.807) is 48.5 Å². The standard InChI is InChI=1S/C56H42O6/c57-47-21-13-35(14-22-47)51(36-15-23-48(58)24-16-36)33-1-5-39(6-2-33)55(61)45-29-41-9-11-43-31-46(32-44-12-10-42(30-45)53(41)54(43)44)56(62)40-7-3-34(4-8-40)52(37-17-25-49(59)26-18-37)38-19-27-50(60)28-20-38/h1-32,51-52,55-62H. The molecule has 6 heteroatoms. The quantitative estimate of drug-likeness (QED) is 0.0604. The molecule has 10 aromatic rings. The van der Waals surface area contributed by atoms with Gasteiger partial charge in [0, 0.05) is 11.8 Å². The zero-order valence-corrected chi connectivity index (χ0v) is 33.5. The Morgan fingerprint density at radius 2 is 0.419 bits per heavy atom. The lowest BCUT2D eigenvalue weighted by atomic mass is 9.84. The molecule has 0 aliphatic carbocycles. The molecule has 10 aromatic carbocycles. The van der Waals surface area contributed by atoms with E-state index < -0.39 is 12.2 Å². The number of phenolic OH excluding ortho intramolecular Hbond substituents is 4. The first-order valence-electron chi connectivity index (χ1n) is 20.6. The van der Waals surface area contributed by atoms with Gasteiger partial charge in [-0.15, -0.1) is 0 Å². The van der Waals surface area contributed by atoms with Crippen LogP contribution in [0.2, 0.25) is 0 Å². The summed E-state index contributed by atoms with van der Waals surface area (Å²) in [6.07, 6.45) is -1.73. The van der Waals surface area contributed by atoms with Crippen LogP contribution in [0.25, 0.3) is 32.3 Å². The van der Waals surface area contributed by atoms with Crippen LogP contribution in [-0.4, -0.2) is 30.6 Å². The number of aliphatic hydroxyl groups is 2. The van der Waals surface area contributed by atoms with Crippen molar-refractivity contribution in [2.45, 2.75) is 24.0 Å². The zero-order chi connectivity index (χ0) is 42.5. The van der Waals surface area contributed by atoms with Crippen molar-refractivity contribution in [1.29, 1.82) is 0 Å². The molecule has 0 fully saturated rings. The molecule has 0 spiro atoms. The largest absolute Gasteiger partial charge is 0.508 e. The van der Waals surface area contributed by atoms with E-state index in [1.165, 1.54) is 0 Å². The number of aliphatic hydroxyl groups excluding tert-OH is 2. The van der Waals surface area contributed by atoms with Crippen LogP contribution in [0.15, 0.2) is 194 Å². The maximum Gasteiger partial charge on any atom is 0.115 e. The minimum atomic E-state index is -0.864. The van der Waals surface area contributed by atoms with Crippen molar-refractivity contribution in [3.63, 3.8) is 0 Å². The fourth-order valence-electron chi connectivity index (χ4n) is 9.15. The van der Waals surface area contributed by atoms with E-state index in [4.69, 9.17) is 0 Å². The van der Waals surface area contributed by atoms with Gasteiger partial charge >= 0.3 is 0 Å². The summed E-state index contributed by atoms with van der Waals surface area (Å²) in [7, 11) is 0. The molecule has 0 heterocycles. The van der Waals surface area contributed by atoms with Crippen molar-refractivity contribution < 1.29 is 30.6 Å². The van der Waals surface area contributed by atoms with E-state index in [-0.39, 0.29) is 34.8 Å². The Morgan fingerprint density at radius 1 is 0.226 bits per heavy atom. The Labute approximate surface area is 358 Å². The molecule has 0 bridgehead atoms. The second kappa shape index (κ2) is 15.8. The molecule has 6 nitrogen and oxygen atoms in total. The summed E-state index contributed by atoms with van der Waals surface area (Å²) >= 11 is 0. The highest BCUT2D eigenvalue weighted by atomic mass is 16.3. The lowest BCUT2D eigenvalue weighted by molar-refractivity contribution is 0.220. The normalized spacial score (nSPS) is 12.8. The molecule has 62 heavy (non-hydrogen) atoms. The average molecular weight is 811 g/mol. The number of aromatic hydroxyl groups is 4. The van der Waals surface area contributed by atoms with Gasteiger partial charge in [-0.25, -0.2) is 0 Å². The summed E-state index contributed by atoms with van der Waals surface area (Å²) in [5.41, 5.74) is 9.10. The molecule has 10 rings (SSSR count). The van der Waals surface area contributed by atoms with Gasteiger partial charge < -0.3 is 30.6 Å². The molecule has 0 radical (unpaired) electrons. The Hall–Kier alpha value is -7.64. The predicted molar refractivity (Wildman–Crippen MR) is 245 cm³/mol. The van der Waals surface area contributed by atoms with E-state index in [1.807, 2.05) is 97.1 Å². The van der Waals surface area contributed by atoms with Crippen molar-refractivity contribution in [1.82, 2.24) is 0 Å². The molecule has 0 saturated carbocycles. The first kappa shape index (κ1) is 38.6. The SMILES string of the molecule is Oc1ccc(C(c2ccc(O)cc2)c2ccc(C(O)c3cc4ccc5cc(C(O)c6ccc(C(c7ccc(O)cc7)c7ccc(O)cc7)cc6)cc6ccc(c3)c4c56)cc2)cc1. The molecule has 0 amide bonds. The van der Waals surface area contributed by atoms with Gasteiger partial charge in [0.25, 0.3) is 0 Å². The minimum absolute atomic E-state index is 0.143. The van der Waals surface area contributed by atoms with Crippen LogP contribution in [0.5, 0.6) is 23.0 Å². The molecule has 0 aromatic heterocycles. The summed E-state index contributed by atoms with van der Waals surface area (Å²) in [5.74, 6) is 0.483. The monoisotopic (exact) mass is 810 g/mol. The highest BCUT2D eigenvalue weighted by Crippen LogP contribution is 2.41. The third-order valence-corrected chi connectivity index (χ3v) is 12.3. The predicted octanol–water partition coefficient (Wildman–Crippen LogP) is 11.9. The van der Waals surface area contributed by atoms with Crippen molar-refractivity contribution in [3.8, 4) is 23.0 Å². The molecule has 0 saturated heterocycles. The Kier molecular flexibility index (Phi) is 9.80. The van der Waals surface area contributed by atoms with Crippen molar-refractivity contribution in [3.05, 3.63) is 250 Å². The van der Waals surface area contributed by atoms with Crippen molar-refractivity contribution in [2.75, 3.05) is 0 Å². The van der Waals surface area contributed by atoms with E-state index in [0.717, 1.165) is 88.0 Å². The van der Waals surface area contributed by atoms with Crippen LogP contribution < -0.4 is 0 Å². The molecular weight excluding hydrogens is 769 g/mol. The third kappa shape index (κ3) is 7.21. The summed E-state index contributed by atoms with van der Waals surface area (Å²) in [6.45, 7) is 0. The van der Waals surface area contributed by atoms with Crippen LogP contribution in [0.4, 0.5) is 0 Å². The van der Waals surface area contributed by atoms with Crippen LogP contribution in [0.3, 0.4) is 0 Å². The van der Waals surface area contributed by atoms with E-state index in [9.17, 15) is 30.6 Å². The maximum atomic E-state index is 11.8. The minimum Gasteiger partial charge on any atom is -0.508 e. The van der Waals surface area contributed by atoms with Gasteiger partial charge in [0.05, 0.1) is 0 Å². The number of rotatable bonds is 10. The first-order valence-corrected chi connectivity index (χ1v) is 20.6. The van der Waals surface area contributed by atoms with Crippen LogP contribution in [-0.2, 0) is 0 Å². The molecule has 6 N–H and O–H groups in total. The molecule has 302 valence electrons. The topological polar surface area (TPSA) is 121 Å². The van der Waals surface area contributed by atoms with Gasteiger partial charge in [0.15, 0.2) is 0 Å². The molecule has 0 aliphatic rings. The summed E-state index contributed by atoms with van der Waals surface area (Å²) in [6, 6.07) is 61.1. The molecule has 2 atom stereocenters. The molecule has 2 unspecified atom stereocenters. The van der Waals surface area contributed by atoms with Crippen molar-refractivity contribution in [2.24, 2.45) is 0 Å². The van der Waals surface area contributed by atoms with Gasteiger partial charge in [-0.1, -0.05) is 121 Å². The van der Waals surface area contributed by atoms with E-state index in [2.05, 4.69) is 48.5 Å². The highest BCUT2D eigenvalue weighted by molar-refractivity contribution is 6.23. The molecule has 0 aliphatic heterocycles. The summed E-state index contributed by atoms with van der Waals surface area (Å²) in [4.78, 5) is 0. The molecular formula is C56H42O6. The Morgan fingerprint density at radius 3 is 0.645 bits per heavy atom. The zero-order valence-electron chi connectivity index (χ0n) is 33.5. The summed E-state index contributed by atoms with van der Waals surface area (Å²) in [5, 5.41) is 69.7. The van der Waals surface area contributed by atoms with Gasteiger partial charge in [0.1, 0.15) is 35.2 Å². The van der Waals surface area contributed by atoms with E-state index >= 15 is 0 Å². The fourth-order valence-corrected chi connectivity index (χ4v) is 9.15. The van der Waals surface area contributed by atoms with Crippen molar-refractivity contribution >= 4 is 32.3 Å². The average Bonchev–Trinajstić information content (AvgIpc) is 3.30. The number of benzene rings is 10. The fraction of sp³-hybridized carbons (Fsp3) is 0.0714. The second-order valence-corrected chi connectivity index (χ2v) is 16.2. The van der Waals surface area contributed by atoms with E-state index in [0.29, 0.717) is 0 Å². The number of hydrogen-bond acceptors (Lipinski definition) is 6. The van der Waals surface area contributed by atoms with Gasteiger partial charge in [-0.2, -0.15) is 0 Å². The first-order chi connectivity index (χ1) is 30.2. The number of phenols is 4. The lowest BCUT2D eigenvalue weighted by Gasteiger charge is -2.21. The van der Waals surface area contributed by atoms with Gasteiger partial charge in [-0.3, -0.25) is 0 Å². The van der Waals surface area contributed by atoms with Crippen LogP contribution in [0, 0.1) is 0 Å². The van der Waals surface area contributed by atoms with Crippen LogP contribution >= 0.6 is 0 Å². The second-order valence-electron chi connectivity index (χ2n) is 16.2. The number of hydrogen-bond donors (Lipinski definition) is 6. The smallest absolute Gasteiger partial charge is 0.115 e. The third-order valence-electron chi connectivity index (χ3n) is 12.3. The lowest BCUT2D eigenvalue weighted by Crippen LogP contribution is -2.05. The van der Waals surface area contributed by atoms with Gasteiger partial charge in [-0.05, 0) is 161 Å². The Bertz CT molecular complexity index is 2780. The van der Waals surface area contributed by atoms with Crippen LogP contribution in [0.1, 0.15) is 79.7 Å². The Balaban J connectivity index is 0.930.